The second-order valence-electron chi connectivity index (χ2n) is 9.02. The van der Waals surface area contributed by atoms with Crippen molar-refractivity contribution in [1.29, 1.82) is 0 Å². The number of halogens is 3. The number of benzene rings is 2. The van der Waals surface area contributed by atoms with Gasteiger partial charge in [-0.15, -0.1) is 0 Å². The first-order valence-electron chi connectivity index (χ1n) is 11.3. The summed E-state index contributed by atoms with van der Waals surface area (Å²) in [7, 11) is 0. The van der Waals surface area contributed by atoms with Crippen LogP contribution in [0, 0.1) is 22.9 Å². The molecule has 0 saturated carbocycles. The quantitative estimate of drug-likeness (QED) is 0.377. The average molecular weight is 467 g/mol. The van der Waals surface area contributed by atoms with Crippen LogP contribution in [0.4, 0.5) is 18.9 Å². The van der Waals surface area contributed by atoms with Crippen LogP contribution in [0.1, 0.15) is 23.7 Å². The van der Waals surface area contributed by atoms with Crippen molar-refractivity contribution in [3.05, 3.63) is 95.1 Å². The number of oxime groups is 1. The van der Waals surface area contributed by atoms with Crippen molar-refractivity contribution in [1.82, 2.24) is 9.88 Å². The Morgan fingerprint density at radius 1 is 0.971 bits per heavy atom. The van der Waals surface area contributed by atoms with Gasteiger partial charge in [-0.25, -0.2) is 13.2 Å². The van der Waals surface area contributed by atoms with E-state index in [0.29, 0.717) is 29.0 Å². The van der Waals surface area contributed by atoms with Gasteiger partial charge in [-0.2, -0.15) is 0 Å². The number of likely N-dealkylation sites (tertiary alicyclic amines) is 1. The fraction of sp³-hybridized carbons (Fsp3) is 0.308. The second kappa shape index (κ2) is 9.10. The largest absolute Gasteiger partial charge is 0.396 e. The normalized spacial score (nSPS) is 17.4. The third-order valence-electron chi connectivity index (χ3n) is 6.31. The van der Waals surface area contributed by atoms with E-state index < -0.39 is 11.6 Å². The summed E-state index contributed by atoms with van der Waals surface area (Å²) in [6, 6.07) is 14.1. The number of hydrogen-bond donors (Lipinski definition) is 0. The topological polar surface area (TPSA) is 41.0 Å². The molecule has 5 rings (SSSR count). The van der Waals surface area contributed by atoms with Crippen LogP contribution in [0.5, 0.6) is 0 Å². The molecule has 0 radical (unpaired) electrons. The Morgan fingerprint density at radius 2 is 1.74 bits per heavy atom. The van der Waals surface area contributed by atoms with Crippen molar-refractivity contribution in [3.63, 3.8) is 0 Å². The number of anilines is 1. The van der Waals surface area contributed by atoms with Crippen molar-refractivity contribution < 1.29 is 18.0 Å². The smallest absolute Gasteiger partial charge is 0.159 e. The maximum atomic E-state index is 13.7. The highest BCUT2D eigenvalue weighted by Crippen LogP contribution is 2.42. The fourth-order valence-electron chi connectivity index (χ4n) is 4.75. The average Bonchev–Trinajstić information content (AvgIpc) is 2.79. The molecule has 0 unspecified atom stereocenters. The molecule has 8 heteroatoms. The van der Waals surface area contributed by atoms with Gasteiger partial charge in [-0.3, -0.25) is 9.88 Å². The molecule has 2 aromatic carbocycles. The summed E-state index contributed by atoms with van der Waals surface area (Å²) in [5, 5.41) is 4.08. The van der Waals surface area contributed by atoms with Gasteiger partial charge < -0.3 is 9.74 Å². The molecule has 3 heterocycles. The molecular weight excluding hydrogens is 441 g/mol. The molecule has 1 aromatic heterocycles. The van der Waals surface area contributed by atoms with E-state index in [1.165, 1.54) is 18.2 Å². The zero-order valence-corrected chi connectivity index (χ0v) is 18.8. The first-order valence-corrected chi connectivity index (χ1v) is 11.3. The Kier molecular flexibility index (Phi) is 6.00. The zero-order valence-electron chi connectivity index (χ0n) is 18.8. The van der Waals surface area contributed by atoms with Crippen molar-refractivity contribution in [2.45, 2.75) is 13.5 Å². The minimum absolute atomic E-state index is 0.213. The number of aromatic nitrogens is 1. The summed E-state index contributed by atoms with van der Waals surface area (Å²) in [5.74, 6) is -2.07. The van der Waals surface area contributed by atoms with Crippen LogP contribution in [0.2, 0.25) is 0 Å². The maximum absolute atomic E-state index is 13.7. The van der Waals surface area contributed by atoms with Crippen LogP contribution in [0.3, 0.4) is 0 Å². The molecule has 2 aliphatic heterocycles. The third kappa shape index (κ3) is 4.50. The Morgan fingerprint density at radius 3 is 2.38 bits per heavy atom. The molecule has 34 heavy (non-hydrogen) atoms. The van der Waals surface area contributed by atoms with Crippen molar-refractivity contribution in [2.75, 3.05) is 37.7 Å². The number of nitrogens with zero attached hydrogens (tertiary/aromatic N) is 4. The minimum atomic E-state index is -0.945. The standard InChI is InChI=1S/C26H25F3N4O/c1-2-34-31-25(19-4-9-22(28)23(29)11-19)24-10-3-18(12-30-24)13-32-14-26(15-32)16-33(17-26)21-7-5-20(27)6-8-21/h3-12H,2,13-17H2,1H3/b31-25+. The molecule has 0 amide bonds. The molecule has 0 atom stereocenters. The maximum Gasteiger partial charge on any atom is 0.159 e. The molecule has 5 nitrogen and oxygen atoms in total. The summed E-state index contributed by atoms with van der Waals surface area (Å²) < 4.78 is 40.2. The molecule has 0 N–H and O–H groups in total. The lowest BCUT2D eigenvalue weighted by molar-refractivity contribution is -0.0273. The summed E-state index contributed by atoms with van der Waals surface area (Å²) in [6.07, 6.45) is 1.78. The third-order valence-corrected chi connectivity index (χ3v) is 6.31. The summed E-state index contributed by atoms with van der Waals surface area (Å²) in [4.78, 5) is 14.4. The molecule has 176 valence electrons. The van der Waals surface area contributed by atoms with Gasteiger partial charge in [0.25, 0.3) is 0 Å². The highest BCUT2D eigenvalue weighted by Gasteiger charge is 2.51. The molecule has 0 bridgehead atoms. The van der Waals surface area contributed by atoms with Crippen LogP contribution < -0.4 is 4.90 Å². The van der Waals surface area contributed by atoms with Crippen LogP contribution in [0.15, 0.2) is 65.9 Å². The molecule has 2 saturated heterocycles. The van der Waals surface area contributed by atoms with E-state index >= 15 is 0 Å². The molecule has 1 spiro atoms. The lowest BCUT2D eigenvalue weighted by Gasteiger charge is -2.61. The van der Waals surface area contributed by atoms with Crippen LogP contribution in [-0.2, 0) is 11.4 Å². The van der Waals surface area contributed by atoms with Gasteiger partial charge in [0.1, 0.15) is 18.1 Å². The highest BCUT2D eigenvalue weighted by molar-refractivity contribution is 6.11. The van der Waals surface area contributed by atoms with Gasteiger partial charge in [0.15, 0.2) is 11.6 Å². The Bertz CT molecular complexity index is 1180. The van der Waals surface area contributed by atoms with Gasteiger partial charge in [0.05, 0.1) is 5.69 Å². The van der Waals surface area contributed by atoms with Crippen LogP contribution >= 0.6 is 0 Å². The number of rotatable bonds is 7. The second-order valence-corrected chi connectivity index (χ2v) is 9.02. The van der Waals surface area contributed by atoms with E-state index in [0.717, 1.165) is 56.1 Å². The molecule has 0 aliphatic carbocycles. The first-order chi connectivity index (χ1) is 16.4. The number of pyridine rings is 1. The lowest BCUT2D eigenvalue weighted by atomic mass is 9.72. The fourth-order valence-corrected chi connectivity index (χ4v) is 4.75. The van der Waals surface area contributed by atoms with E-state index in [9.17, 15) is 13.2 Å². The molecule has 2 fully saturated rings. The predicted octanol–water partition coefficient (Wildman–Crippen LogP) is 4.61. The highest BCUT2D eigenvalue weighted by atomic mass is 19.2. The van der Waals surface area contributed by atoms with Crippen molar-refractivity contribution in [3.8, 4) is 0 Å². The monoisotopic (exact) mass is 466 g/mol. The summed E-state index contributed by atoms with van der Waals surface area (Å²) >= 11 is 0. The summed E-state index contributed by atoms with van der Waals surface area (Å²) in [5.41, 5.74) is 3.71. The lowest BCUT2D eigenvalue weighted by Crippen LogP contribution is -2.71. The van der Waals surface area contributed by atoms with Crippen molar-refractivity contribution >= 4 is 11.4 Å². The minimum Gasteiger partial charge on any atom is -0.396 e. The van der Waals surface area contributed by atoms with E-state index in [1.54, 1.807) is 13.1 Å². The van der Waals surface area contributed by atoms with E-state index in [2.05, 4.69) is 19.9 Å². The van der Waals surface area contributed by atoms with Crippen molar-refractivity contribution in [2.24, 2.45) is 10.6 Å². The van der Waals surface area contributed by atoms with Gasteiger partial charge in [-0.1, -0.05) is 11.2 Å². The van der Waals surface area contributed by atoms with E-state index in [1.807, 2.05) is 24.3 Å². The zero-order chi connectivity index (χ0) is 23.7. The molecule has 2 aliphatic rings. The Balaban J connectivity index is 1.19. The Labute approximate surface area is 196 Å². The molecular formula is C26H25F3N4O. The van der Waals surface area contributed by atoms with Gasteiger partial charge in [-0.05, 0) is 61.0 Å². The predicted molar refractivity (Wildman–Crippen MR) is 124 cm³/mol. The Hall–Kier alpha value is -3.39. The van der Waals surface area contributed by atoms with Crippen LogP contribution in [-0.4, -0.2) is 48.4 Å². The van der Waals surface area contributed by atoms with Gasteiger partial charge in [0, 0.05) is 55.6 Å². The van der Waals surface area contributed by atoms with E-state index in [-0.39, 0.29) is 5.82 Å². The number of hydrogen-bond acceptors (Lipinski definition) is 5. The summed E-state index contributed by atoms with van der Waals surface area (Å²) in [6.45, 7) is 6.92. The van der Waals surface area contributed by atoms with Crippen LogP contribution in [0.25, 0.3) is 0 Å². The van der Waals surface area contributed by atoms with E-state index in [4.69, 9.17) is 4.84 Å². The SMILES string of the molecule is CCO/N=C(\c1ccc(F)c(F)c1)c1ccc(CN2CC3(C2)CN(c2ccc(F)cc2)C3)cn1. The van der Waals surface area contributed by atoms with Gasteiger partial charge >= 0.3 is 0 Å². The van der Waals surface area contributed by atoms with Gasteiger partial charge in [0.2, 0.25) is 0 Å². The first kappa shape index (κ1) is 22.4. The molecule has 3 aromatic rings.